The SMILES string of the molecule is C[N@+]12CCCC[C@H]1[C@@H](CCOC(=O)c1ccc3c(c1)OCO3)CCC2. The smallest absolute Gasteiger partial charge is 0.338 e. The predicted molar refractivity (Wildman–Crippen MR) is 93.7 cm³/mol. The maximum atomic E-state index is 12.3. The lowest BCUT2D eigenvalue weighted by atomic mass is 9.80. The predicted octanol–water partition coefficient (Wildman–Crippen LogP) is 3.37. The standard InChI is InChI=1S/C20H28NO4/c1-21-10-3-2-6-17(21)15(5-4-11-21)9-12-23-20(22)16-7-8-18-19(13-16)25-14-24-18/h7-8,13,15,17H,2-6,9-12,14H2,1H3/q+1/t15-,17+,21-/m1/s1. The van der Waals surface area contributed by atoms with Gasteiger partial charge in [-0.3, -0.25) is 0 Å². The number of rotatable bonds is 4. The van der Waals surface area contributed by atoms with Crippen LogP contribution in [0, 0.1) is 5.92 Å². The molecule has 5 heteroatoms. The summed E-state index contributed by atoms with van der Waals surface area (Å²) in [6, 6.07) is 5.98. The van der Waals surface area contributed by atoms with Gasteiger partial charge in [0.15, 0.2) is 11.5 Å². The summed E-state index contributed by atoms with van der Waals surface area (Å²) in [4.78, 5) is 12.3. The molecular formula is C20H28NO4+. The monoisotopic (exact) mass is 346 g/mol. The number of carbonyl (C=O) groups excluding carboxylic acids is 1. The van der Waals surface area contributed by atoms with Crippen LogP contribution in [0.2, 0.25) is 0 Å². The van der Waals surface area contributed by atoms with Gasteiger partial charge in [0, 0.05) is 5.92 Å². The number of quaternary nitrogens is 1. The molecule has 0 saturated carbocycles. The quantitative estimate of drug-likeness (QED) is 0.619. The molecule has 1 aromatic rings. The van der Waals surface area contributed by atoms with Gasteiger partial charge in [-0.15, -0.1) is 0 Å². The van der Waals surface area contributed by atoms with Crippen molar-refractivity contribution in [3.63, 3.8) is 0 Å². The zero-order valence-electron chi connectivity index (χ0n) is 15.0. The molecule has 0 N–H and O–H groups in total. The second-order valence-electron chi connectivity index (χ2n) is 7.88. The highest BCUT2D eigenvalue weighted by Crippen LogP contribution is 2.37. The number of nitrogens with zero attached hydrogens (tertiary/aromatic N) is 1. The summed E-state index contributed by atoms with van der Waals surface area (Å²) in [7, 11) is 2.43. The first-order chi connectivity index (χ1) is 12.2. The van der Waals surface area contributed by atoms with Crippen LogP contribution in [0.3, 0.4) is 0 Å². The molecule has 0 unspecified atom stereocenters. The van der Waals surface area contributed by atoms with Crippen LogP contribution in [0.4, 0.5) is 0 Å². The van der Waals surface area contributed by atoms with Crippen molar-refractivity contribution in [1.29, 1.82) is 0 Å². The number of esters is 1. The minimum absolute atomic E-state index is 0.216. The Hall–Kier alpha value is -1.75. The maximum Gasteiger partial charge on any atom is 0.338 e. The first kappa shape index (κ1) is 16.7. The van der Waals surface area contributed by atoms with Gasteiger partial charge < -0.3 is 18.7 Å². The van der Waals surface area contributed by atoms with Crippen molar-refractivity contribution in [2.45, 2.75) is 44.6 Å². The van der Waals surface area contributed by atoms with E-state index in [0.717, 1.165) is 12.5 Å². The summed E-state index contributed by atoms with van der Waals surface area (Å²) in [5.74, 6) is 1.73. The normalized spacial score (nSPS) is 30.6. The van der Waals surface area contributed by atoms with Crippen molar-refractivity contribution in [3.05, 3.63) is 23.8 Å². The molecule has 0 amide bonds. The Morgan fingerprint density at radius 3 is 2.92 bits per heavy atom. The second kappa shape index (κ2) is 6.87. The van der Waals surface area contributed by atoms with Gasteiger partial charge in [-0.1, -0.05) is 0 Å². The Bertz CT molecular complexity index is 643. The van der Waals surface area contributed by atoms with E-state index in [1.807, 2.05) is 0 Å². The van der Waals surface area contributed by atoms with Crippen LogP contribution in [0.1, 0.15) is 48.9 Å². The molecular weight excluding hydrogens is 318 g/mol. The van der Waals surface area contributed by atoms with Crippen LogP contribution in [0.15, 0.2) is 18.2 Å². The van der Waals surface area contributed by atoms with Crippen molar-refractivity contribution in [1.82, 2.24) is 0 Å². The van der Waals surface area contributed by atoms with Crippen molar-refractivity contribution in [3.8, 4) is 11.5 Å². The van der Waals surface area contributed by atoms with E-state index >= 15 is 0 Å². The van der Waals surface area contributed by atoms with Gasteiger partial charge in [0.1, 0.15) is 0 Å². The van der Waals surface area contributed by atoms with Crippen LogP contribution >= 0.6 is 0 Å². The lowest BCUT2D eigenvalue weighted by molar-refractivity contribution is -0.947. The molecule has 3 aliphatic rings. The fourth-order valence-electron chi connectivity index (χ4n) is 4.98. The number of carbonyl (C=O) groups is 1. The molecule has 0 bridgehead atoms. The highest BCUT2D eigenvalue weighted by Gasteiger charge is 2.43. The van der Waals surface area contributed by atoms with Crippen LogP contribution in [-0.2, 0) is 4.74 Å². The molecule has 5 nitrogen and oxygen atoms in total. The van der Waals surface area contributed by atoms with Crippen LogP contribution in [-0.4, -0.2) is 50.0 Å². The van der Waals surface area contributed by atoms with Crippen molar-refractivity contribution < 1.29 is 23.5 Å². The van der Waals surface area contributed by atoms with Gasteiger partial charge in [-0.05, 0) is 56.7 Å². The molecule has 0 aliphatic carbocycles. The van der Waals surface area contributed by atoms with E-state index in [0.29, 0.717) is 29.6 Å². The van der Waals surface area contributed by atoms with Gasteiger partial charge >= 0.3 is 5.97 Å². The zero-order chi connectivity index (χ0) is 17.3. The number of hydrogen-bond donors (Lipinski definition) is 0. The molecule has 4 rings (SSSR count). The molecule has 2 fully saturated rings. The average molecular weight is 346 g/mol. The number of fused-ring (bicyclic) bond motifs is 2. The molecule has 136 valence electrons. The molecule has 3 heterocycles. The minimum atomic E-state index is -0.269. The number of hydrogen-bond acceptors (Lipinski definition) is 4. The third kappa shape index (κ3) is 3.34. The Balaban J connectivity index is 1.32. The fourth-order valence-corrected chi connectivity index (χ4v) is 4.98. The van der Waals surface area contributed by atoms with Gasteiger partial charge in [0.25, 0.3) is 0 Å². The fraction of sp³-hybridized carbons (Fsp3) is 0.650. The summed E-state index contributed by atoms with van der Waals surface area (Å²) in [6.07, 6.45) is 7.60. The molecule has 25 heavy (non-hydrogen) atoms. The molecule has 0 radical (unpaired) electrons. The first-order valence-corrected chi connectivity index (χ1v) is 9.57. The van der Waals surface area contributed by atoms with Crippen molar-refractivity contribution >= 4 is 5.97 Å². The first-order valence-electron chi connectivity index (χ1n) is 9.57. The summed E-state index contributed by atoms with van der Waals surface area (Å²) in [6.45, 7) is 3.36. The Kier molecular flexibility index (Phi) is 4.59. The van der Waals surface area contributed by atoms with E-state index < -0.39 is 0 Å². The van der Waals surface area contributed by atoms with Crippen molar-refractivity contribution in [2.24, 2.45) is 5.92 Å². The lowest BCUT2D eigenvalue weighted by Crippen LogP contribution is -2.60. The van der Waals surface area contributed by atoms with E-state index in [2.05, 4.69) is 7.05 Å². The third-order valence-electron chi connectivity index (χ3n) is 6.34. The Labute approximate surface area is 149 Å². The largest absolute Gasteiger partial charge is 0.462 e. The van der Waals surface area contributed by atoms with E-state index in [-0.39, 0.29) is 12.8 Å². The highest BCUT2D eigenvalue weighted by molar-refractivity contribution is 5.90. The highest BCUT2D eigenvalue weighted by atomic mass is 16.7. The summed E-state index contributed by atoms with van der Waals surface area (Å²) in [5, 5.41) is 0. The van der Waals surface area contributed by atoms with Crippen LogP contribution < -0.4 is 9.47 Å². The average Bonchev–Trinajstić information content (AvgIpc) is 3.09. The van der Waals surface area contributed by atoms with Gasteiger partial charge in [-0.2, -0.15) is 0 Å². The van der Waals surface area contributed by atoms with E-state index in [1.165, 1.54) is 49.7 Å². The van der Waals surface area contributed by atoms with Gasteiger partial charge in [0.05, 0.1) is 38.3 Å². The van der Waals surface area contributed by atoms with Crippen LogP contribution in [0.25, 0.3) is 0 Å². The maximum absolute atomic E-state index is 12.3. The van der Waals surface area contributed by atoms with Gasteiger partial charge in [0.2, 0.25) is 6.79 Å². The molecule has 0 aromatic heterocycles. The van der Waals surface area contributed by atoms with E-state index in [9.17, 15) is 4.79 Å². The summed E-state index contributed by atoms with van der Waals surface area (Å²) in [5.41, 5.74) is 0.534. The molecule has 2 saturated heterocycles. The van der Waals surface area contributed by atoms with E-state index in [1.54, 1.807) is 18.2 Å². The third-order valence-corrected chi connectivity index (χ3v) is 6.34. The Morgan fingerprint density at radius 1 is 1.16 bits per heavy atom. The molecule has 0 spiro atoms. The minimum Gasteiger partial charge on any atom is -0.462 e. The zero-order valence-corrected chi connectivity index (χ0v) is 15.0. The number of benzene rings is 1. The molecule has 3 atom stereocenters. The summed E-state index contributed by atoms with van der Waals surface area (Å²) >= 11 is 0. The van der Waals surface area contributed by atoms with Crippen molar-refractivity contribution in [2.75, 3.05) is 33.5 Å². The second-order valence-corrected chi connectivity index (χ2v) is 7.88. The lowest BCUT2D eigenvalue weighted by Gasteiger charge is -2.51. The molecule has 3 aliphatic heterocycles. The van der Waals surface area contributed by atoms with Crippen LogP contribution in [0.5, 0.6) is 11.5 Å². The summed E-state index contributed by atoms with van der Waals surface area (Å²) < 4.78 is 17.4. The number of piperidine rings is 2. The van der Waals surface area contributed by atoms with E-state index in [4.69, 9.17) is 14.2 Å². The topological polar surface area (TPSA) is 44.8 Å². The molecule has 1 aromatic carbocycles. The number of ether oxygens (including phenoxy) is 3. The van der Waals surface area contributed by atoms with Gasteiger partial charge in [-0.25, -0.2) is 4.79 Å². The Morgan fingerprint density at radius 2 is 2.00 bits per heavy atom.